The average Bonchev–Trinajstić information content (AvgIpc) is 2.22. The van der Waals surface area contributed by atoms with Crippen LogP contribution in [0.3, 0.4) is 0 Å². The molecule has 90 valence electrons. The molecule has 0 spiro atoms. The Balaban J connectivity index is 4.36. The third kappa shape index (κ3) is 5.56. The number of hydrogen-bond acceptors (Lipinski definition) is 4. The summed E-state index contributed by atoms with van der Waals surface area (Å²) in [5, 5.41) is 11.2. The van der Waals surface area contributed by atoms with Crippen LogP contribution in [0.15, 0.2) is 0 Å². The van der Waals surface area contributed by atoms with Crippen LogP contribution in [0.2, 0.25) is 0 Å². The topological polar surface area (TPSA) is 93.8 Å². The Labute approximate surface area is 89.7 Å². The van der Waals surface area contributed by atoms with Crippen molar-refractivity contribution >= 4 is 6.09 Å². The van der Waals surface area contributed by atoms with E-state index in [9.17, 15) is 4.79 Å². The molecule has 0 heterocycles. The lowest BCUT2D eigenvalue weighted by Crippen LogP contribution is -2.54. The Kier molecular flexibility index (Phi) is 7.02. The van der Waals surface area contributed by atoms with Crippen LogP contribution in [0.1, 0.15) is 12.8 Å². The van der Waals surface area contributed by atoms with Crippen molar-refractivity contribution in [1.29, 1.82) is 0 Å². The number of amides is 1. The number of ether oxygens (including phenoxy) is 2. The molecule has 0 aromatic heterocycles. The predicted octanol–water partition coefficient (Wildman–Crippen LogP) is 0.0245. The third-order valence-corrected chi connectivity index (χ3v) is 2.33. The van der Waals surface area contributed by atoms with Crippen LogP contribution in [0, 0.1) is 0 Å². The highest BCUT2D eigenvalue weighted by Gasteiger charge is 2.29. The standard InChI is InChI=1S/C9H20N2O4/c1-14-5-3-9(7-10,4-6-15-2)11-8(12)13/h11H,3-7,10H2,1-2H3,(H,12,13). The van der Waals surface area contributed by atoms with Gasteiger partial charge in [0.1, 0.15) is 0 Å². The Bertz CT molecular complexity index is 179. The van der Waals surface area contributed by atoms with Crippen LogP contribution >= 0.6 is 0 Å². The fourth-order valence-electron chi connectivity index (χ4n) is 1.33. The summed E-state index contributed by atoms with van der Waals surface area (Å²) >= 11 is 0. The molecular formula is C9H20N2O4. The van der Waals surface area contributed by atoms with Gasteiger partial charge in [-0.1, -0.05) is 0 Å². The molecule has 0 aliphatic rings. The fraction of sp³-hybridized carbons (Fsp3) is 0.889. The number of rotatable bonds is 8. The molecule has 6 heteroatoms. The van der Waals surface area contributed by atoms with Gasteiger partial charge < -0.3 is 25.6 Å². The van der Waals surface area contributed by atoms with Crippen molar-refractivity contribution < 1.29 is 19.4 Å². The molecule has 0 unspecified atom stereocenters. The molecule has 0 atom stereocenters. The van der Waals surface area contributed by atoms with Crippen molar-refractivity contribution in [1.82, 2.24) is 5.32 Å². The van der Waals surface area contributed by atoms with Crippen LogP contribution in [0.25, 0.3) is 0 Å². The SMILES string of the molecule is COCCC(CN)(CCOC)NC(=O)O. The first-order valence-corrected chi connectivity index (χ1v) is 4.79. The van der Waals surface area contributed by atoms with Gasteiger partial charge in [-0.05, 0) is 12.8 Å². The van der Waals surface area contributed by atoms with Gasteiger partial charge in [0.05, 0.1) is 5.54 Å². The van der Waals surface area contributed by atoms with Crippen molar-refractivity contribution in [2.24, 2.45) is 5.73 Å². The minimum atomic E-state index is -1.08. The lowest BCUT2D eigenvalue weighted by atomic mass is 9.92. The second-order valence-electron chi connectivity index (χ2n) is 3.40. The maximum Gasteiger partial charge on any atom is 0.405 e. The molecule has 4 N–H and O–H groups in total. The number of nitrogens with one attached hydrogen (secondary N) is 1. The van der Waals surface area contributed by atoms with Gasteiger partial charge in [-0.2, -0.15) is 0 Å². The van der Waals surface area contributed by atoms with Gasteiger partial charge in [0, 0.05) is 34.0 Å². The van der Waals surface area contributed by atoms with Crippen LogP contribution in [-0.2, 0) is 9.47 Å². The second-order valence-corrected chi connectivity index (χ2v) is 3.40. The lowest BCUT2D eigenvalue weighted by molar-refractivity contribution is 0.113. The van der Waals surface area contributed by atoms with Gasteiger partial charge in [0.25, 0.3) is 0 Å². The molecule has 0 radical (unpaired) electrons. The van der Waals surface area contributed by atoms with Crippen molar-refractivity contribution in [3.63, 3.8) is 0 Å². The summed E-state index contributed by atoms with van der Waals surface area (Å²) in [7, 11) is 3.14. The summed E-state index contributed by atoms with van der Waals surface area (Å²) in [6, 6.07) is 0. The molecule has 0 aliphatic heterocycles. The number of hydrogen-bond donors (Lipinski definition) is 3. The van der Waals surface area contributed by atoms with Crippen LogP contribution in [0.5, 0.6) is 0 Å². The number of methoxy groups -OCH3 is 2. The Morgan fingerprint density at radius 2 is 1.80 bits per heavy atom. The summed E-state index contributed by atoms with van der Waals surface area (Å²) in [6.45, 7) is 1.15. The van der Waals surface area contributed by atoms with E-state index in [1.54, 1.807) is 14.2 Å². The summed E-state index contributed by atoms with van der Waals surface area (Å²) in [5.74, 6) is 0. The van der Waals surface area contributed by atoms with E-state index in [1.807, 2.05) is 0 Å². The molecule has 0 bridgehead atoms. The molecule has 0 aromatic rings. The summed E-state index contributed by atoms with van der Waals surface area (Å²) < 4.78 is 9.86. The van der Waals surface area contributed by atoms with Crippen LogP contribution in [-0.4, -0.2) is 50.7 Å². The second kappa shape index (κ2) is 7.44. The van der Waals surface area contributed by atoms with Gasteiger partial charge in [-0.25, -0.2) is 4.79 Å². The third-order valence-electron chi connectivity index (χ3n) is 2.33. The van der Waals surface area contributed by atoms with Crippen LogP contribution in [0.4, 0.5) is 4.79 Å². The zero-order chi connectivity index (χ0) is 11.7. The number of nitrogens with two attached hydrogens (primary N) is 1. The molecular weight excluding hydrogens is 200 g/mol. The minimum absolute atomic E-state index is 0.228. The van der Waals surface area contributed by atoms with E-state index in [2.05, 4.69) is 5.32 Å². The zero-order valence-electron chi connectivity index (χ0n) is 9.28. The minimum Gasteiger partial charge on any atom is -0.465 e. The first-order chi connectivity index (χ1) is 7.10. The first-order valence-electron chi connectivity index (χ1n) is 4.79. The Morgan fingerprint density at radius 3 is 2.07 bits per heavy atom. The van der Waals surface area contributed by atoms with Gasteiger partial charge >= 0.3 is 6.09 Å². The quantitative estimate of drug-likeness (QED) is 0.536. The first kappa shape index (κ1) is 14.2. The normalized spacial score (nSPS) is 11.4. The molecule has 0 aliphatic carbocycles. The summed E-state index contributed by atoms with van der Waals surface area (Å²) in [4.78, 5) is 10.7. The highest BCUT2D eigenvalue weighted by Crippen LogP contribution is 2.14. The summed E-state index contributed by atoms with van der Waals surface area (Å²) in [5.41, 5.74) is 4.95. The van der Waals surface area contributed by atoms with Crippen molar-refractivity contribution in [3.8, 4) is 0 Å². The van der Waals surface area contributed by atoms with E-state index < -0.39 is 11.6 Å². The molecule has 0 saturated carbocycles. The molecule has 15 heavy (non-hydrogen) atoms. The van der Waals surface area contributed by atoms with Gasteiger partial charge in [-0.3, -0.25) is 0 Å². The molecule has 6 nitrogen and oxygen atoms in total. The summed E-state index contributed by atoms with van der Waals surface area (Å²) in [6.07, 6.45) is -0.00152. The van der Waals surface area contributed by atoms with Crippen molar-refractivity contribution in [2.45, 2.75) is 18.4 Å². The molecule has 0 aromatic carbocycles. The smallest absolute Gasteiger partial charge is 0.405 e. The van der Waals surface area contributed by atoms with E-state index in [4.69, 9.17) is 20.3 Å². The maximum atomic E-state index is 10.7. The molecule has 0 rings (SSSR count). The fourth-order valence-corrected chi connectivity index (χ4v) is 1.33. The van der Waals surface area contributed by atoms with E-state index in [1.165, 1.54) is 0 Å². The van der Waals surface area contributed by atoms with E-state index >= 15 is 0 Å². The number of carbonyl (C=O) groups is 1. The molecule has 1 amide bonds. The van der Waals surface area contributed by atoms with E-state index in [0.29, 0.717) is 26.1 Å². The highest BCUT2D eigenvalue weighted by atomic mass is 16.5. The Hall–Kier alpha value is -0.850. The van der Waals surface area contributed by atoms with E-state index in [0.717, 1.165) is 0 Å². The van der Waals surface area contributed by atoms with Gasteiger partial charge in [0.2, 0.25) is 0 Å². The average molecular weight is 220 g/mol. The molecule has 0 fully saturated rings. The van der Waals surface area contributed by atoms with Crippen LogP contribution < -0.4 is 11.1 Å². The maximum absolute atomic E-state index is 10.7. The van der Waals surface area contributed by atoms with Crippen molar-refractivity contribution in [3.05, 3.63) is 0 Å². The van der Waals surface area contributed by atoms with E-state index in [-0.39, 0.29) is 6.54 Å². The van der Waals surface area contributed by atoms with Gasteiger partial charge in [0.15, 0.2) is 0 Å². The largest absolute Gasteiger partial charge is 0.465 e. The lowest BCUT2D eigenvalue weighted by Gasteiger charge is -2.32. The number of carboxylic acid groups (broad SMARTS) is 1. The van der Waals surface area contributed by atoms with Gasteiger partial charge in [-0.15, -0.1) is 0 Å². The predicted molar refractivity (Wildman–Crippen MR) is 55.9 cm³/mol. The highest BCUT2D eigenvalue weighted by molar-refractivity contribution is 5.65. The zero-order valence-corrected chi connectivity index (χ0v) is 9.28. The Morgan fingerprint density at radius 1 is 1.33 bits per heavy atom. The van der Waals surface area contributed by atoms with Crippen molar-refractivity contribution in [2.75, 3.05) is 34.0 Å². The monoisotopic (exact) mass is 220 g/mol. The molecule has 0 saturated heterocycles.